The van der Waals surface area contributed by atoms with Gasteiger partial charge in [-0.15, -0.1) is 11.3 Å². The Morgan fingerprint density at radius 1 is 1.17 bits per heavy atom. The van der Waals surface area contributed by atoms with Crippen LogP contribution in [0.5, 0.6) is 5.06 Å². The maximum Gasteiger partial charge on any atom is 0.183 e. The maximum absolute atomic E-state index is 12.3. The van der Waals surface area contributed by atoms with Crippen molar-refractivity contribution in [2.75, 3.05) is 0 Å². The minimum Gasteiger partial charge on any atom is -0.499 e. The lowest BCUT2D eigenvalue weighted by atomic mass is 10.1. The van der Waals surface area contributed by atoms with Gasteiger partial charge in [-0.1, -0.05) is 35.6 Å². The second-order valence-corrected chi connectivity index (χ2v) is 6.02. The van der Waals surface area contributed by atoms with Crippen molar-refractivity contribution in [2.45, 2.75) is 6.42 Å². The number of carbonyl (C=O) groups is 1. The van der Waals surface area contributed by atoms with Crippen molar-refractivity contribution >= 4 is 38.5 Å². The molecule has 0 amide bonds. The first kappa shape index (κ1) is 11.4. The van der Waals surface area contributed by atoms with Gasteiger partial charge in [0, 0.05) is 21.4 Å². The minimum atomic E-state index is -0.0209. The Morgan fingerprint density at radius 2 is 2.00 bits per heavy atom. The van der Waals surface area contributed by atoms with Gasteiger partial charge in [0.2, 0.25) is 0 Å². The van der Waals surface area contributed by atoms with Gasteiger partial charge in [0.05, 0.1) is 5.56 Å². The molecule has 0 unspecified atom stereocenters. The molecular weight excluding hydrogens is 264 g/mol. The van der Waals surface area contributed by atoms with Gasteiger partial charge in [0.1, 0.15) is 0 Å². The van der Waals surface area contributed by atoms with Gasteiger partial charge in [-0.2, -0.15) is 0 Å². The van der Waals surface area contributed by atoms with E-state index in [9.17, 15) is 9.90 Å². The van der Waals surface area contributed by atoms with Crippen LogP contribution in [-0.2, 0) is 6.42 Å². The van der Waals surface area contributed by atoms with E-state index in [1.54, 1.807) is 11.3 Å². The SMILES string of the molecule is O=C(Cc1cccs1)c1c(O)sc2ccccc12. The molecule has 0 atom stereocenters. The number of aromatic hydroxyl groups is 1. The fraction of sp³-hybridized carbons (Fsp3) is 0.0714. The standard InChI is InChI=1S/C14H10O2S2/c15-11(8-9-4-3-7-17-9)13-10-5-1-2-6-12(10)18-14(13)16/h1-7,16H,8H2. The van der Waals surface area contributed by atoms with Crippen molar-refractivity contribution in [3.63, 3.8) is 0 Å². The highest BCUT2D eigenvalue weighted by atomic mass is 32.1. The highest BCUT2D eigenvalue weighted by molar-refractivity contribution is 7.21. The second-order valence-electron chi connectivity index (χ2n) is 3.96. The minimum absolute atomic E-state index is 0.0209. The summed E-state index contributed by atoms with van der Waals surface area (Å²) in [6.45, 7) is 0. The van der Waals surface area contributed by atoms with Crippen molar-refractivity contribution in [2.24, 2.45) is 0 Å². The molecule has 0 aliphatic heterocycles. The molecule has 1 aromatic carbocycles. The Morgan fingerprint density at radius 3 is 2.78 bits per heavy atom. The zero-order valence-electron chi connectivity index (χ0n) is 9.42. The summed E-state index contributed by atoms with van der Waals surface area (Å²) in [6, 6.07) is 11.5. The van der Waals surface area contributed by atoms with Gasteiger partial charge < -0.3 is 5.11 Å². The number of carbonyl (C=O) groups excluding carboxylic acids is 1. The number of benzene rings is 1. The number of hydrogen-bond donors (Lipinski definition) is 1. The molecule has 2 heterocycles. The number of fused-ring (bicyclic) bond motifs is 1. The molecule has 0 bridgehead atoms. The molecule has 3 rings (SSSR count). The number of ketones is 1. The van der Waals surface area contributed by atoms with E-state index >= 15 is 0 Å². The molecule has 1 N–H and O–H groups in total. The molecule has 0 radical (unpaired) electrons. The molecule has 0 saturated carbocycles. The molecule has 3 aromatic rings. The van der Waals surface area contributed by atoms with E-state index in [4.69, 9.17) is 0 Å². The smallest absolute Gasteiger partial charge is 0.183 e. The highest BCUT2D eigenvalue weighted by Gasteiger charge is 2.18. The summed E-state index contributed by atoms with van der Waals surface area (Å²) in [5, 5.41) is 12.9. The third-order valence-corrected chi connectivity index (χ3v) is 4.62. The average molecular weight is 274 g/mol. The summed E-state index contributed by atoms with van der Waals surface area (Å²) in [4.78, 5) is 13.3. The Bertz CT molecular complexity index is 696. The predicted molar refractivity (Wildman–Crippen MR) is 75.8 cm³/mol. The van der Waals surface area contributed by atoms with E-state index in [0.29, 0.717) is 12.0 Å². The topological polar surface area (TPSA) is 37.3 Å². The summed E-state index contributed by atoms with van der Waals surface area (Å²) in [5.74, 6) is -0.0209. The van der Waals surface area contributed by atoms with Crippen molar-refractivity contribution in [3.8, 4) is 5.06 Å². The lowest BCUT2D eigenvalue weighted by Crippen LogP contribution is -2.01. The number of hydrogen-bond acceptors (Lipinski definition) is 4. The van der Waals surface area contributed by atoms with Crippen molar-refractivity contribution in [3.05, 3.63) is 52.2 Å². The van der Waals surface area contributed by atoms with Crippen LogP contribution in [0.3, 0.4) is 0 Å². The molecule has 2 nitrogen and oxygen atoms in total. The number of thiophene rings is 2. The van der Waals surface area contributed by atoms with E-state index in [0.717, 1.165) is 15.0 Å². The molecule has 4 heteroatoms. The van der Waals surface area contributed by atoms with Crippen LogP contribution in [0.4, 0.5) is 0 Å². The molecule has 0 spiro atoms. The Labute approximate surface area is 112 Å². The van der Waals surface area contributed by atoms with Gasteiger partial charge in [0.25, 0.3) is 0 Å². The van der Waals surface area contributed by atoms with Crippen molar-refractivity contribution < 1.29 is 9.90 Å². The third-order valence-electron chi connectivity index (χ3n) is 2.77. The van der Waals surface area contributed by atoms with Gasteiger partial charge in [-0.25, -0.2) is 0 Å². The third kappa shape index (κ3) is 1.94. The maximum atomic E-state index is 12.3. The van der Waals surface area contributed by atoms with Crippen LogP contribution in [0.15, 0.2) is 41.8 Å². The summed E-state index contributed by atoms with van der Waals surface area (Å²) < 4.78 is 0.949. The fourth-order valence-electron chi connectivity index (χ4n) is 1.96. The zero-order valence-corrected chi connectivity index (χ0v) is 11.1. The van der Waals surface area contributed by atoms with E-state index in [2.05, 4.69) is 0 Å². The normalized spacial score (nSPS) is 10.9. The summed E-state index contributed by atoms with van der Waals surface area (Å²) in [6.07, 6.45) is 0.353. The zero-order chi connectivity index (χ0) is 12.5. The Hall–Kier alpha value is -1.65. The average Bonchev–Trinajstić information content (AvgIpc) is 2.94. The molecule has 0 fully saturated rings. The number of rotatable bonds is 3. The van der Waals surface area contributed by atoms with E-state index in [-0.39, 0.29) is 10.8 Å². The van der Waals surface area contributed by atoms with Crippen LogP contribution in [0.25, 0.3) is 10.1 Å². The van der Waals surface area contributed by atoms with E-state index < -0.39 is 0 Å². The summed E-state index contributed by atoms with van der Waals surface area (Å²) in [5.41, 5.74) is 0.462. The van der Waals surface area contributed by atoms with Crippen molar-refractivity contribution in [1.82, 2.24) is 0 Å². The first-order valence-electron chi connectivity index (χ1n) is 5.52. The Kier molecular flexibility index (Phi) is 2.89. The van der Waals surface area contributed by atoms with Crippen LogP contribution in [0, 0.1) is 0 Å². The molecule has 0 aliphatic carbocycles. The molecule has 18 heavy (non-hydrogen) atoms. The summed E-state index contributed by atoms with van der Waals surface area (Å²) >= 11 is 2.82. The van der Waals surface area contributed by atoms with Crippen LogP contribution in [-0.4, -0.2) is 10.9 Å². The van der Waals surface area contributed by atoms with Gasteiger partial charge in [-0.3, -0.25) is 4.79 Å². The molecule has 2 aromatic heterocycles. The fourth-order valence-corrected chi connectivity index (χ4v) is 3.63. The quantitative estimate of drug-likeness (QED) is 0.730. The summed E-state index contributed by atoms with van der Waals surface area (Å²) in [7, 11) is 0. The van der Waals surface area contributed by atoms with Gasteiger partial charge >= 0.3 is 0 Å². The lowest BCUT2D eigenvalue weighted by Gasteiger charge is -1.98. The lowest BCUT2D eigenvalue weighted by molar-refractivity contribution is 0.0993. The first-order valence-corrected chi connectivity index (χ1v) is 7.21. The van der Waals surface area contributed by atoms with Crippen LogP contribution in [0.1, 0.15) is 15.2 Å². The largest absolute Gasteiger partial charge is 0.499 e. The van der Waals surface area contributed by atoms with Crippen LogP contribution >= 0.6 is 22.7 Å². The molecule has 0 saturated heterocycles. The predicted octanol–water partition coefficient (Wildman–Crippen LogP) is 4.09. The first-order chi connectivity index (χ1) is 8.75. The molecule has 0 aliphatic rings. The van der Waals surface area contributed by atoms with E-state index in [1.807, 2.05) is 41.8 Å². The van der Waals surface area contributed by atoms with Crippen molar-refractivity contribution in [1.29, 1.82) is 0 Å². The van der Waals surface area contributed by atoms with E-state index in [1.165, 1.54) is 11.3 Å². The second kappa shape index (κ2) is 4.55. The molecular formula is C14H10O2S2. The van der Waals surface area contributed by atoms with Gasteiger partial charge in [-0.05, 0) is 17.5 Å². The molecule has 90 valence electrons. The highest BCUT2D eigenvalue weighted by Crippen LogP contribution is 2.37. The van der Waals surface area contributed by atoms with Crippen LogP contribution < -0.4 is 0 Å². The Balaban J connectivity index is 2.03. The van der Waals surface area contributed by atoms with Crippen LogP contribution in [0.2, 0.25) is 0 Å². The number of Topliss-reactive ketones (excluding diaryl/α,β-unsaturated/α-hetero) is 1. The van der Waals surface area contributed by atoms with Gasteiger partial charge in [0.15, 0.2) is 10.8 Å². The monoisotopic (exact) mass is 274 g/mol.